The van der Waals surface area contributed by atoms with Crippen LogP contribution in [-0.2, 0) is 9.53 Å². The predicted octanol–water partition coefficient (Wildman–Crippen LogP) is 1.82. The van der Waals surface area contributed by atoms with Gasteiger partial charge in [0.15, 0.2) is 0 Å². The van der Waals surface area contributed by atoms with Crippen molar-refractivity contribution >= 4 is 12.0 Å². The van der Waals surface area contributed by atoms with Crippen LogP contribution in [0.25, 0.3) is 0 Å². The van der Waals surface area contributed by atoms with Gasteiger partial charge in [0, 0.05) is 37.9 Å². The molecule has 0 radical (unpaired) electrons. The lowest BCUT2D eigenvalue weighted by Gasteiger charge is -2.36. The first kappa shape index (κ1) is 12.9. The quantitative estimate of drug-likeness (QED) is 0.827. The first-order valence-corrected chi connectivity index (χ1v) is 6.19. The van der Waals surface area contributed by atoms with Gasteiger partial charge in [0.1, 0.15) is 12.0 Å². The van der Waals surface area contributed by atoms with Gasteiger partial charge < -0.3 is 19.5 Å². The van der Waals surface area contributed by atoms with E-state index in [-0.39, 0.29) is 11.2 Å². The molecule has 1 N–H and O–H groups in total. The fourth-order valence-electron chi connectivity index (χ4n) is 2.36. The van der Waals surface area contributed by atoms with Crippen molar-refractivity contribution in [2.45, 2.75) is 12.8 Å². The Balaban J connectivity index is 2.07. The lowest BCUT2D eigenvalue weighted by molar-refractivity contribution is -0.120. The molecule has 1 aromatic carbocycles. The molecular weight excluding hydrogens is 230 g/mol. The monoisotopic (exact) mass is 249 g/mol. The molecule has 0 bridgehead atoms. The lowest BCUT2D eigenvalue weighted by atomic mass is 9.81. The number of phenols is 1. The molecule has 0 saturated carbocycles. The van der Waals surface area contributed by atoms with Crippen LogP contribution in [0, 0.1) is 5.41 Å². The van der Waals surface area contributed by atoms with Gasteiger partial charge in [-0.1, -0.05) is 0 Å². The summed E-state index contributed by atoms with van der Waals surface area (Å²) in [6, 6.07) is 7.02. The van der Waals surface area contributed by atoms with Crippen LogP contribution >= 0.6 is 0 Å². The molecular formula is C14H19NO3. The van der Waals surface area contributed by atoms with Crippen LogP contribution in [0.1, 0.15) is 12.8 Å². The first-order valence-electron chi connectivity index (χ1n) is 6.19. The number of carbonyl (C=O) groups is 1. The molecule has 1 fully saturated rings. The molecule has 1 heterocycles. The van der Waals surface area contributed by atoms with E-state index in [2.05, 4.69) is 4.90 Å². The van der Waals surface area contributed by atoms with Crippen LogP contribution in [0.2, 0.25) is 0 Å². The third kappa shape index (κ3) is 2.82. The molecule has 18 heavy (non-hydrogen) atoms. The zero-order valence-electron chi connectivity index (χ0n) is 10.6. The Morgan fingerprint density at radius 2 is 1.94 bits per heavy atom. The number of carbonyl (C=O) groups excluding carboxylic acids is 1. The number of hydrogen-bond acceptors (Lipinski definition) is 4. The minimum atomic E-state index is -0.301. The number of ether oxygens (including phenoxy) is 1. The fourth-order valence-corrected chi connectivity index (χ4v) is 2.36. The summed E-state index contributed by atoms with van der Waals surface area (Å²) in [5, 5.41) is 9.27. The van der Waals surface area contributed by atoms with Gasteiger partial charge in [0.05, 0.1) is 0 Å². The van der Waals surface area contributed by atoms with Crippen LogP contribution in [0.15, 0.2) is 24.3 Å². The molecule has 1 saturated heterocycles. The van der Waals surface area contributed by atoms with Gasteiger partial charge in [-0.25, -0.2) is 0 Å². The highest BCUT2D eigenvalue weighted by Crippen LogP contribution is 2.30. The van der Waals surface area contributed by atoms with Crippen molar-refractivity contribution < 1.29 is 14.6 Å². The molecule has 0 atom stereocenters. The largest absolute Gasteiger partial charge is 0.508 e. The Hall–Kier alpha value is -1.55. The number of nitrogens with zero attached hydrogens (tertiary/aromatic N) is 1. The van der Waals surface area contributed by atoms with Crippen molar-refractivity contribution in [3.8, 4) is 5.75 Å². The van der Waals surface area contributed by atoms with Crippen LogP contribution in [0.3, 0.4) is 0 Å². The number of benzene rings is 1. The summed E-state index contributed by atoms with van der Waals surface area (Å²) in [6.45, 7) is 1.99. The average molecular weight is 249 g/mol. The molecule has 0 amide bonds. The Morgan fingerprint density at radius 1 is 1.33 bits per heavy atom. The minimum Gasteiger partial charge on any atom is -0.508 e. The Morgan fingerprint density at radius 3 is 2.50 bits per heavy atom. The van der Waals surface area contributed by atoms with Crippen molar-refractivity contribution in [3.63, 3.8) is 0 Å². The molecule has 0 spiro atoms. The Labute approximate surface area is 107 Å². The molecule has 1 aromatic rings. The number of rotatable bonds is 4. The van der Waals surface area contributed by atoms with Gasteiger partial charge in [-0.05, 0) is 37.1 Å². The number of anilines is 1. The van der Waals surface area contributed by atoms with Gasteiger partial charge in [-0.15, -0.1) is 0 Å². The predicted molar refractivity (Wildman–Crippen MR) is 69.9 cm³/mol. The molecule has 0 aromatic heterocycles. The summed E-state index contributed by atoms with van der Waals surface area (Å²) >= 11 is 0. The Kier molecular flexibility index (Phi) is 3.87. The number of aldehydes is 1. The van der Waals surface area contributed by atoms with Crippen LogP contribution < -0.4 is 4.90 Å². The summed E-state index contributed by atoms with van der Waals surface area (Å²) in [7, 11) is 1.97. The normalized spacial score (nSPS) is 18.3. The van der Waals surface area contributed by atoms with Gasteiger partial charge in [-0.2, -0.15) is 0 Å². The van der Waals surface area contributed by atoms with E-state index in [4.69, 9.17) is 4.74 Å². The number of phenolic OH excluding ortho intramolecular Hbond substituents is 1. The summed E-state index contributed by atoms with van der Waals surface area (Å²) in [6.07, 6.45) is 2.63. The third-order valence-electron chi connectivity index (χ3n) is 3.58. The minimum absolute atomic E-state index is 0.253. The standard InChI is InChI=1S/C14H19NO3/c1-15(12-2-4-13(17)5-3-12)10-14(11-16)6-8-18-9-7-14/h2-5,11,17H,6-10H2,1H3. The maximum absolute atomic E-state index is 11.4. The second kappa shape index (κ2) is 5.40. The van der Waals surface area contributed by atoms with Gasteiger partial charge >= 0.3 is 0 Å². The topological polar surface area (TPSA) is 49.8 Å². The molecule has 4 heteroatoms. The van der Waals surface area contributed by atoms with Crippen LogP contribution in [0.5, 0.6) is 5.75 Å². The summed E-state index contributed by atoms with van der Waals surface area (Å²) < 4.78 is 5.32. The second-order valence-corrected chi connectivity index (χ2v) is 4.97. The second-order valence-electron chi connectivity index (χ2n) is 4.97. The zero-order valence-corrected chi connectivity index (χ0v) is 10.6. The highest BCUT2D eigenvalue weighted by Gasteiger charge is 2.33. The van der Waals surface area contributed by atoms with Crippen LogP contribution in [-0.4, -0.2) is 38.2 Å². The molecule has 4 nitrogen and oxygen atoms in total. The van der Waals surface area contributed by atoms with Gasteiger partial charge in [-0.3, -0.25) is 0 Å². The van der Waals surface area contributed by atoms with E-state index in [1.165, 1.54) is 0 Å². The highest BCUT2D eigenvalue weighted by atomic mass is 16.5. The van der Waals surface area contributed by atoms with Gasteiger partial charge in [0.2, 0.25) is 0 Å². The van der Waals surface area contributed by atoms with Crippen LogP contribution in [0.4, 0.5) is 5.69 Å². The van der Waals surface area contributed by atoms with Gasteiger partial charge in [0.25, 0.3) is 0 Å². The van der Waals surface area contributed by atoms with Crippen molar-refractivity contribution in [2.24, 2.45) is 5.41 Å². The summed E-state index contributed by atoms with van der Waals surface area (Å²) in [5.41, 5.74) is 0.700. The smallest absolute Gasteiger partial charge is 0.128 e. The van der Waals surface area contributed by atoms with Crippen molar-refractivity contribution in [3.05, 3.63) is 24.3 Å². The van der Waals surface area contributed by atoms with E-state index in [9.17, 15) is 9.90 Å². The maximum Gasteiger partial charge on any atom is 0.128 e. The molecule has 1 aliphatic heterocycles. The van der Waals surface area contributed by atoms with E-state index < -0.39 is 0 Å². The molecule has 98 valence electrons. The van der Waals surface area contributed by atoms with Crippen molar-refractivity contribution in [1.29, 1.82) is 0 Å². The highest BCUT2D eigenvalue weighted by molar-refractivity contribution is 5.62. The summed E-state index contributed by atoms with van der Waals surface area (Å²) in [5.74, 6) is 0.253. The average Bonchev–Trinajstić information content (AvgIpc) is 2.40. The maximum atomic E-state index is 11.4. The lowest BCUT2D eigenvalue weighted by Crippen LogP contribution is -2.41. The molecule has 2 rings (SSSR count). The number of aromatic hydroxyl groups is 1. The zero-order chi connectivity index (χ0) is 13.0. The number of hydrogen-bond donors (Lipinski definition) is 1. The van der Waals surface area contributed by atoms with E-state index >= 15 is 0 Å². The van der Waals surface area contributed by atoms with E-state index in [1.807, 2.05) is 19.2 Å². The van der Waals surface area contributed by atoms with Crippen molar-refractivity contribution in [1.82, 2.24) is 0 Å². The first-order chi connectivity index (χ1) is 8.65. The molecule has 0 aliphatic carbocycles. The Bertz CT molecular complexity index is 396. The molecule has 0 unspecified atom stereocenters. The van der Waals surface area contributed by atoms with E-state index in [0.29, 0.717) is 19.8 Å². The third-order valence-corrected chi connectivity index (χ3v) is 3.58. The van der Waals surface area contributed by atoms with E-state index in [1.54, 1.807) is 12.1 Å². The SMILES string of the molecule is CN(CC1(C=O)CCOCC1)c1ccc(O)cc1. The van der Waals surface area contributed by atoms with E-state index in [0.717, 1.165) is 24.8 Å². The fraction of sp³-hybridized carbons (Fsp3) is 0.500. The molecule has 1 aliphatic rings. The summed E-state index contributed by atoms with van der Waals surface area (Å²) in [4.78, 5) is 13.4. The van der Waals surface area contributed by atoms with Crippen molar-refractivity contribution in [2.75, 3.05) is 31.7 Å².